The Morgan fingerprint density at radius 2 is 2.28 bits per heavy atom. The summed E-state index contributed by atoms with van der Waals surface area (Å²) in [6, 6.07) is 5.68. The highest BCUT2D eigenvalue weighted by molar-refractivity contribution is 7.12. The van der Waals surface area contributed by atoms with E-state index < -0.39 is 0 Å². The average molecular weight is 266 g/mol. The Kier molecular flexibility index (Phi) is 4.15. The highest BCUT2D eigenvalue weighted by atomic mass is 32.1. The molecule has 0 bridgehead atoms. The maximum Gasteiger partial charge on any atom is 0.0417 e. The fourth-order valence-corrected chi connectivity index (χ4v) is 3.67. The second kappa shape index (κ2) is 5.32. The second-order valence-electron chi connectivity index (χ2n) is 5.94. The normalized spacial score (nSPS) is 31.5. The van der Waals surface area contributed by atoms with E-state index in [4.69, 9.17) is 0 Å². The van der Waals surface area contributed by atoms with Crippen molar-refractivity contribution in [3.63, 3.8) is 0 Å². The van der Waals surface area contributed by atoms with Crippen molar-refractivity contribution in [2.75, 3.05) is 13.1 Å². The molecule has 0 aliphatic carbocycles. The molecule has 3 atom stereocenters. The minimum Gasteiger partial charge on any atom is -0.309 e. The van der Waals surface area contributed by atoms with Gasteiger partial charge < -0.3 is 5.32 Å². The summed E-state index contributed by atoms with van der Waals surface area (Å²) >= 11 is 1.94. The van der Waals surface area contributed by atoms with E-state index in [1.807, 2.05) is 11.3 Å². The minimum absolute atomic E-state index is 0.271. The molecule has 102 valence electrons. The summed E-state index contributed by atoms with van der Waals surface area (Å²) in [6.07, 6.45) is 1.19. The third-order valence-electron chi connectivity index (χ3n) is 4.37. The van der Waals surface area contributed by atoms with Gasteiger partial charge in [-0.3, -0.25) is 4.90 Å². The Hall–Kier alpha value is -0.380. The van der Waals surface area contributed by atoms with Gasteiger partial charge in [-0.05, 0) is 46.2 Å². The monoisotopic (exact) mass is 266 g/mol. The van der Waals surface area contributed by atoms with E-state index in [0.717, 1.165) is 13.1 Å². The van der Waals surface area contributed by atoms with Gasteiger partial charge in [-0.1, -0.05) is 6.92 Å². The van der Waals surface area contributed by atoms with Gasteiger partial charge in [0.1, 0.15) is 0 Å². The summed E-state index contributed by atoms with van der Waals surface area (Å²) in [5.74, 6) is 0. The van der Waals surface area contributed by atoms with E-state index in [1.54, 1.807) is 0 Å². The Morgan fingerprint density at radius 1 is 1.56 bits per heavy atom. The van der Waals surface area contributed by atoms with Crippen LogP contribution in [0.2, 0.25) is 0 Å². The molecule has 2 heterocycles. The van der Waals surface area contributed by atoms with Crippen LogP contribution in [0, 0.1) is 6.92 Å². The number of hydrogen-bond donors (Lipinski definition) is 1. The summed E-state index contributed by atoms with van der Waals surface area (Å²) in [6.45, 7) is 13.7. The summed E-state index contributed by atoms with van der Waals surface area (Å²) in [5, 5.41) is 3.70. The zero-order valence-corrected chi connectivity index (χ0v) is 13.1. The molecule has 1 saturated heterocycles. The first kappa shape index (κ1) is 14.0. The average Bonchev–Trinajstić information content (AvgIpc) is 2.78. The molecule has 1 aliphatic heterocycles. The molecule has 0 saturated carbocycles. The molecule has 1 aromatic rings. The van der Waals surface area contributed by atoms with Crippen molar-refractivity contribution in [1.29, 1.82) is 0 Å². The van der Waals surface area contributed by atoms with E-state index in [-0.39, 0.29) is 5.54 Å². The molecule has 0 amide bonds. The van der Waals surface area contributed by atoms with Crippen molar-refractivity contribution in [2.24, 2.45) is 0 Å². The number of nitrogens with one attached hydrogen (secondary N) is 1. The Bertz CT molecular complexity index is 401. The summed E-state index contributed by atoms with van der Waals surface area (Å²) in [4.78, 5) is 5.57. The van der Waals surface area contributed by atoms with Crippen molar-refractivity contribution >= 4 is 11.3 Å². The van der Waals surface area contributed by atoms with Crippen LogP contribution in [0.3, 0.4) is 0 Å². The fraction of sp³-hybridized carbons (Fsp3) is 0.733. The molecule has 2 nitrogen and oxygen atoms in total. The number of rotatable bonds is 3. The first-order valence-electron chi connectivity index (χ1n) is 7.02. The van der Waals surface area contributed by atoms with Crippen molar-refractivity contribution in [3.05, 3.63) is 21.9 Å². The molecule has 18 heavy (non-hydrogen) atoms. The quantitative estimate of drug-likeness (QED) is 0.899. The largest absolute Gasteiger partial charge is 0.309 e. The topological polar surface area (TPSA) is 15.3 Å². The number of nitrogens with zero attached hydrogens (tertiary/aromatic N) is 1. The van der Waals surface area contributed by atoms with Gasteiger partial charge in [0.15, 0.2) is 0 Å². The molecule has 1 aliphatic rings. The van der Waals surface area contributed by atoms with Crippen LogP contribution in [0.25, 0.3) is 0 Å². The van der Waals surface area contributed by atoms with E-state index >= 15 is 0 Å². The zero-order valence-electron chi connectivity index (χ0n) is 12.3. The van der Waals surface area contributed by atoms with Crippen molar-refractivity contribution in [2.45, 2.75) is 58.7 Å². The number of hydrogen-bond acceptors (Lipinski definition) is 3. The lowest BCUT2D eigenvalue weighted by atomic mass is 9.92. The maximum atomic E-state index is 3.70. The Morgan fingerprint density at radius 3 is 2.83 bits per heavy atom. The van der Waals surface area contributed by atoms with Crippen LogP contribution >= 0.6 is 11.3 Å². The van der Waals surface area contributed by atoms with Crippen LogP contribution in [0.5, 0.6) is 0 Å². The molecule has 1 aromatic heterocycles. The van der Waals surface area contributed by atoms with Gasteiger partial charge in [-0.2, -0.15) is 0 Å². The standard InChI is InChI=1S/C15H26N2S/c1-6-15(5)10-17(11(2)9-16-15)13(4)14-8-7-12(3)18-14/h7-8,11,13,16H,6,9-10H2,1-5H3. The maximum absolute atomic E-state index is 3.70. The van der Waals surface area contributed by atoms with Crippen LogP contribution in [-0.2, 0) is 0 Å². The van der Waals surface area contributed by atoms with Crippen LogP contribution in [0.4, 0.5) is 0 Å². The molecule has 3 unspecified atom stereocenters. The molecular formula is C15H26N2S. The van der Waals surface area contributed by atoms with Gasteiger partial charge in [0, 0.05) is 40.5 Å². The number of piperazine rings is 1. The van der Waals surface area contributed by atoms with E-state index in [1.165, 1.54) is 16.2 Å². The molecule has 0 radical (unpaired) electrons. The summed E-state index contributed by atoms with van der Waals surface area (Å²) in [7, 11) is 0. The van der Waals surface area contributed by atoms with Gasteiger partial charge >= 0.3 is 0 Å². The lowest BCUT2D eigenvalue weighted by Crippen LogP contribution is -2.62. The number of aryl methyl sites for hydroxylation is 1. The lowest BCUT2D eigenvalue weighted by Gasteiger charge is -2.47. The van der Waals surface area contributed by atoms with Gasteiger partial charge in [-0.25, -0.2) is 0 Å². The summed E-state index contributed by atoms with van der Waals surface area (Å²) in [5.41, 5.74) is 0.271. The van der Waals surface area contributed by atoms with Crippen LogP contribution in [-0.4, -0.2) is 29.6 Å². The second-order valence-corrected chi connectivity index (χ2v) is 7.26. The molecule has 1 fully saturated rings. The van der Waals surface area contributed by atoms with Crippen molar-refractivity contribution in [3.8, 4) is 0 Å². The minimum atomic E-state index is 0.271. The molecule has 0 spiro atoms. The van der Waals surface area contributed by atoms with Crippen LogP contribution in [0.1, 0.15) is 49.9 Å². The highest BCUT2D eigenvalue weighted by Crippen LogP contribution is 2.32. The molecule has 2 rings (SSSR count). The van der Waals surface area contributed by atoms with Crippen molar-refractivity contribution < 1.29 is 0 Å². The third-order valence-corrected chi connectivity index (χ3v) is 5.54. The SMILES string of the molecule is CCC1(C)CN(C(C)c2ccc(C)s2)C(C)CN1. The first-order chi connectivity index (χ1) is 8.45. The molecule has 1 N–H and O–H groups in total. The predicted molar refractivity (Wildman–Crippen MR) is 80.3 cm³/mol. The highest BCUT2D eigenvalue weighted by Gasteiger charge is 2.35. The summed E-state index contributed by atoms with van der Waals surface area (Å²) < 4.78 is 0. The van der Waals surface area contributed by atoms with Crippen molar-refractivity contribution in [1.82, 2.24) is 10.2 Å². The van der Waals surface area contributed by atoms with E-state index in [2.05, 4.69) is 57.0 Å². The van der Waals surface area contributed by atoms with Gasteiger partial charge in [0.05, 0.1) is 0 Å². The number of thiophene rings is 1. The Balaban J connectivity index is 2.15. The lowest BCUT2D eigenvalue weighted by molar-refractivity contribution is 0.0609. The van der Waals surface area contributed by atoms with E-state index in [0.29, 0.717) is 12.1 Å². The predicted octanol–water partition coefficient (Wildman–Crippen LogP) is 3.58. The van der Waals surface area contributed by atoms with E-state index in [9.17, 15) is 0 Å². The van der Waals surface area contributed by atoms with Gasteiger partial charge in [0.2, 0.25) is 0 Å². The van der Waals surface area contributed by atoms with Gasteiger partial charge in [0.25, 0.3) is 0 Å². The first-order valence-corrected chi connectivity index (χ1v) is 7.84. The molecular weight excluding hydrogens is 240 g/mol. The fourth-order valence-electron chi connectivity index (χ4n) is 2.72. The molecule has 0 aromatic carbocycles. The smallest absolute Gasteiger partial charge is 0.0417 e. The van der Waals surface area contributed by atoms with Crippen LogP contribution in [0.15, 0.2) is 12.1 Å². The zero-order chi connectivity index (χ0) is 13.3. The van der Waals surface area contributed by atoms with Crippen LogP contribution < -0.4 is 5.32 Å². The molecule has 3 heteroatoms. The Labute approximate surface area is 115 Å². The van der Waals surface area contributed by atoms with Gasteiger partial charge in [-0.15, -0.1) is 11.3 Å². The third kappa shape index (κ3) is 2.79.